The van der Waals surface area contributed by atoms with Crippen molar-refractivity contribution in [1.29, 1.82) is 0 Å². The molecule has 0 bridgehead atoms. The van der Waals surface area contributed by atoms with Crippen LogP contribution in [0.5, 0.6) is 0 Å². The number of hydrogen-bond acceptors (Lipinski definition) is 2. The summed E-state index contributed by atoms with van der Waals surface area (Å²) in [4.78, 5) is 11.3. The minimum atomic E-state index is 0.112. The Hall–Kier alpha value is -0.570. The molecule has 1 fully saturated rings. The van der Waals surface area contributed by atoms with Gasteiger partial charge in [0.25, 0.3) is 0 Å². The number of carbonyl (C=O) groups excluding carboxylic acids is 1. The molecule has 0 aromatic carbocycles. The summed E-state index contributed by atoms with van der Waals surface area (Å²) < 4.78 is 0. The fourth-order valence-electron chi connectivity index (χ4n) is 1.14. The van der Waals surface area contributed by atoms with Gasteiger partial charge in [0.1, 0.15) is 0 Å². The van der Waals surface area contributed by atoms with E-state index < -0.39 is 0 Å². The summed E-state index contributed by atoms with van der Waals surface area (Å²) in [5.41, 5.74) is 0.173. The fraction of sp³-hybridized carbons (Fsp3) is 0.909. The second-order valence-corrected chi connectivity index (χ2v) is 5.41. The van der Waals surface area contributed by atoms with Crippen molar-refractivity contribution in [2.45, 2.75) is 33.6 Å². The van der Waals surface area contributed by atoms with Gasteiger partial charge in [-0.1, -0.05) is 20.8 Å². The van der Waals surface area contributed by atoms with Gasteiger partial charge in [-0.25, -0.2) is 0 Å². The van der Waals surface area contributed by atoms with Crippen molar-refractivity contribution in [3.8, 4) is 0 Å². The van der Waals surface area contributed by atoms with Crippen LogP contribution in [-0.4, -0.2) is 25.5 Å². The highest BCUT2D eigenvalue weighted by atomic mass is 16.1. The van der Waals surface area contributed by atoms with Crippen LogP contribution < -0.4 is 10.6 Å². The Balaban J connectivity index is 1.97. The number of carbonyl (C=O) groups is 1. The topological polar surface area (TPSA) is 41.1 Å². The van der Waals surface area contributed by atoms with Crippen molar-refractivity contribution in [2.24, 2.45) is 11.3 Å². The molecule has 0 aromatic heterocycles. The Kier molecular flexibility index (Phi) is 3.93. The van der Waals surface area contributed by atoms with Crippen LogP contribution in [0, 0.1) is 11.3 Å². The molecular weight excluding hydrogens is 176 g/mol. The van der Waals surface area contributed by atoms with E-state index in [0.29, 0.717) is 6.54 Å². The van der Waals surface area contributed by atoms with Crippen molar-refractivity contribution in [3.05, 3.63) is 0 Å². The zero-order valence-corrected chi connectivity index (χ0v) is 9.52. The zero-order valence-electron chi connectivity index (χ0n) is 9.52. The Morgan fingerprint density at radius 1 is 1.36 bits per heavy atom. The number of rotatable bonds is 5. The second-order valence-electron chi connectivity index (χ2n) is 5.41. The summed E-state index contributed by atoms with van der Waals surface area (Å²) in [5, 5.41) is 6.09. The van der Waals surface area contributed by atoms with Gasteiger partial charge >= 0.3 is 0 Å². The van der Waals surface area contributed by atoms with E-state index in [9.17, 15) is 4.79 Å². The first-order chi connectivity index (χ1) is 6.47. The van der Waals surface area contributed by atoms with Gasteiger partial charge in [0.15, 0.2) is 0 Å². The highest BCUT2D eigenvalue weighted by Crippen LogP contribution is 2.27. The molecule has 0 aliphatic heterocycles. The molecule has 1 aliphatic rings. The largest absolute Gasteiger partial charge is 0.354 e. The van der Waals surface area contributed by atoms with Gasteiger partial charge in [0, 0.05) is 6.54 Å². The van der Waals surface area contributed by atoms with E-state index in [1.165, 1.54) is 12.8 Å². The highest BCUT2D eigenvalue weighted by Gasteiger charge is 2.20. The van der Waals surface area contributed by atoms with E-state index >= 15 is 0 Å². The van der Waals surface area contributed by atoms with Gasteiger partial charge in [-0.3, -0.25) is 4.79 Å². The molecule has 1 saturated carbocycles. The van der Waals surface area contributed by atoms with Crippen LogP contribution in [0.2, 0.25) is 0 Å². The Bertz CT molecular complexity index is 192. The van der Waals surface area contributed by atoms with Gasteiger partial charge in [-0.05, 0) is 30.7 Å². The predicted octanol–water partition coefficient (Wildman–Crippen LogP) is 1.15. The monoisotopic (exact) mass is 198 g/mol. The van der Waals surface area contributed by atoms with Crippen molar-refractivity contribution in [2.75, 3.05) is 19.6 Å². The smallest absolute Gasteiger partial charge is 0.233 e. The molecule has 0 spiro atoms. The molecule has 1 rings (SSSR count). The van der Waals surface area contributed by atoms with E-state index in [-0.39, 0.29) is 11.3 Å². The maximum Gasteiger partial charge on any atom is 0.233 e. The molecule has 0 heterocycles. The Morgan fingerprint density at radius 3 is 2.50 bits per heavy atom. The van der Waals surface area contributed by atoms with E-state index in [4.69, 9.17) is 0 Å². The van der Waals surface area contributed by atoms with Crippen LogP contribution >= 0.6 is 0 Å². The number of hydrogen-bond donors (Lipinski definition) is 2. The minimum absolute atomic E-state index is 0.112. The maximum absolute atomic E-state index is 11.3. The lowest BCUT2D eigenvalue weighted by Gasteiger charge is -2.18. The van der Waals surface area contributed by atoms with Crippen LogP contribution in [0.15, 0.2) is 0 Å². The molecule has 0 unspecified atom stereocenters. The molecule has 0 radical (unpaired) electrons. The summed E-state index contributed by atoms with van der Waals surface area (Å²) in [5.74, 6) is 0.950. The first kappa shape index (κ1) is 11.5. The predicted molar refractivity (Wildman–Crippen MR) is 58.1 cm³/mol. The van der Waals surface area contributed by atoms with E-state index in [1.807, 2.05) is 0 Å². The summed E-state index contributed by atoms with van der Waals surface area (Å²) in [7, 11) is 0. The Morgan fingerprint density at radius 2 is 2.00 bits per heavy atom. The third-order valence-electron chi connectivity index (χ3n) is 2.23. The molecule has 3 heteroatoms. The summed E-state index contributed by atoms with van der Waals surface area (Å²) in [6, 6.07) is 0. The van der Waals surface area contributed by atoms with Gasteiger partial charge in [0.05, 0.1) is 6.54 Å². The first-order valence-corrected chi connectivity index (χ1v) is 5.45. The molecule has 0 saturated heterocycles. The number of amides is 1. The normalized spacial score (nSPS) is 16.8. The first-order valence-electron chi connectivity index (χ1n) is 5.45. The lowest BCUT2D eigenvalue weighted by molar-refractivity contribution is -0.120. The van der Waals surface area contributed by atoms with E-state index in [1.54, 1.807) is 0 Å². The third-order valence-corrected chi connectivity index (χ3v) is 2.23. The van der Waals surface area contributed by atoms with Gasteiger partial charge < -0.3 is 10.6 Å². The molecule has 0 aromatic rings. The van der Waals surface area contributed by atoms with Crippen molar-refractivity contribution < 1.29 is 4.79 Å². The fourth-order valence-corrected chi connectivity index (χ4v) is 1.14. The summed E-state index contributed by atoms with van der Waals surface area (Å²) >= 11 is 0. The molecule has 2 N–H and O–H groups in total. The molecule has 82 valence electrons. The van der Waals surface area contributed by atoms with E-state index in [2.05, 4.69) is 31.4 Å². The highest BCUT2D eigenvalue weighted by molar-refractivity contribution is 5.77. The average molecular weight is 198 g/mol. The van der Waals surface area contributed by atoms with Crippen molar-refractivity contribution in [1.82, 2.24) is 10.6 Å². The molecule has 14 heavy (non-hydrogen) atoms. The summed E-state index contributed by atoms with van der Waals surface area (Å²) in [6.07, 6.45) is 2.66. The van der Waals surface area contributed by atoms with Crippen LogP contribution in [0.1, 0.15) is 33.6 Å². The SMILES string of the molecule is CC(C)(C)CNC(=O)CNCC1CC1. The van der Waals surface area contributed by atoms with Gasteiger partial charge in [0.2, 0.25) is 5.91 Å². The lowest BCUT2D eigenvalue weighted by Crippen LogP contribution is -2.38. The van der Waals surface area contributed by atoms with Crippen LogP contribution in [0.25, 0.3) is 0 Å². The second kappa shape index (κ2) is 4.78. The van der Waals surface area contributed by atoms with Crippen LogP contribution in [0.4, 0.5) is 0 Å². The minimum Gasteiger partial charge on any atom is -0.354 e. The quantitative estimate of drug-likeness (QED) is 0.696. The molecule has 0 atom stereocenters. The average Bonchev–Trinajstić information content (AvgIpc) is 2.83. The van der Waals surface area contributed by atoms with Crippen LogP contribution in [-0.2, 0) is 4.79 Å². The Labute approximate surface area is 86.6 Å². The summed E-state index contributed by atoms with van der Waals surface area (Å²) in [6.45, 7) is 8.56. The van der Waals surface area contributed by atoms with Gasteiger partial charge in [-0.15, -0.1) is 0 Å². The van der Waals surface area contributed by atoms with E-state index in [0.717, 1.165) is 19.0 Å². The third kappa shape index (κ3) is 5.97. The van der Waals surface area contributed by atoms with Crippen molar-refractivity contribution >= 4 is 5.91 Å². The van der Waals surface area contributed by atoms with Crippen LogP contribution in [0.3, 0.4) is 0 Å². The van der Waals surface area contributed by atoms with Gasteiger partial charge in [-0.2, -0.15) is 0 Å². The zero-order chi connectivity index (χ0) is 10.6. The standard InChI is InChI=1S/C11H22N2O/c1-11(2,3)8-13-10(14)7-12-6-9-4-5-9/h9,12H,4-8H2,1-3H3,(H,13,14). The molecule has 3 nitrogen and oxygen atoms in total. The number of nitrogens with one attached hydrogen (secondary N) is 2. The maximum atomic E-state index is 11.3. The van der Waals surface area contributed by atoms with Crippen molar-refractivity contribution in [3.63, 3.8) is 0 Å². The molecule has 1 amide bonds. The molecule has 1 aliphatic carbocycles. The lowest BCUT2D eigenvalue weighted by atomic mass is 9.97. The molecular formula is C11H22N2O.